The topological polar surface area (TPSA) is 49.4 Å². The quantitative estimate of drug-likeness (QED) is 0.901. The first-order chi connectivity index (χ1) is 8.97. The van der Waals surface area contributed by atoms with Gasteiger partial charge in [0.15, 0.2) is 0 Å². The van der Waals surface area contributed by atoms with Crippen LogP contribution in [0.15, 0.2) is 22.7 Å². The Bertz CT molecular complexity index is 521. The molecule has 1 N–H and O–H groups in total. The molecule has 2 amide bonds. The van der Waals surface area contributed by atoms with E-state index in [2.05, 4.69) is 21.2 Å². The summed E-state index contributed by atoms with van der Waals surface area (Å²) in [5.41, 5.74) is 0.278. The number of piperidine rings is 1. The van der Waals surface area contributed by atoms with Crippen molar-refractivity contribution in [3.8, 4) is 0 Å². The van der Waals surface area contributed by atoms with Crippen molar-refractivity contribution in [2.45, 2.75) is 18.9 Å². The van der Waals surface area contributed by atoms with Crippen LogP contribution in [0.3, 0.4) is 0 Å². The zero-order valence-electron chi connectivity index (χ0n) is 10.5. The molecular weight excluding hydrogens is 315 g/mol. The highest BCUT2D eigenvalue weighted by Gasteiger charge is 2.24. The maximum atomic E-state index is 13.4. The van der Waals surface area contributed by atoms with Crippen LogP contribution in [-0.2, 0) is 4.79 Å². The van der Waals surface area contributed by atoms with E-state index in [1.54, 1.807) is 18.0 Å². The lowest BCUT2D eigenvalue weighted by atomic mass is 10.1. The maximum absolute atomic E-state index is 13.4. The molecule has 19 heavy (non-hydrogen) atoms. The highest BCUT2D eigenvalue weighted by Crippen LogP contribution is 2.17. The van der Waals surface area contributed by atoms with Crippen molar-refractivity contribution < 1.29 is 14.0 Å². The number of benzene rings is 1. The number of nitrogens with zero attached hydrogens (tertiary/aromatic N) is 1. The zero-order valence-corrected chi connectivity index (χ0v) is 12.0. The predicted molar refractivity (Wildman–Crippen MR) is 72.2 cm³/mol. The zero-order chi connectivity index (χ0) is 14.0. The number of hydrogen-bond donors (Lipinski definition) is 1. The number of halogens is 2. The van der Waals surface area contributed by atoms with Crippen molar-refractivity contribution >= 4 is 27.7 Å². The summed E-state index contributed by atoms with van der Waals surface area (Å²) in [6, 6.07) is 4.17. The Hall–Kier alpha value is -1.43. The average molecular weight is 329 g/mol. The average Bonchev–Trinajstić information content (AvgIpc) is 2.37. The van der Waals surface area contributed by atoms with Crippen LogP contribution in [0, 0.1) is 5.82 Å². The molecular formula is C13H14BrFN2O2. The molecule has 1 atom stereocenters. The normalized spacial score (nSPS) is 19.4. The van der Waals surface area contributed by atoms with E-state index in [1.165, 1.54) is 12.1 Å². The number of carbonyl (C=O) groups is 2. The fraction of sp³-hybridized carbons (Fsp3) is 0.385. The Kier molecular flexibility index (Phi) is 4.19. The predicted octanol–water partition coefficient (Wildman–Crippen LogP) is 1.94. The van der Waals surface area contributed by atoms with E-state index in [0.29, 0.717) is 23.9 Å². The van der Waals surface area contributed by atoms with Crippen LogP contribution >= 0.6 is 15.9 Å². The largest absolute Gasteiger partial charge is 0.348 e. The fourth-order valence-corrected chi connectivity index (χ4v) is 2.28. The second-order valence-corrected chi connectivity index (χ2v) is 5.47. The van der Waals surface area contributed by atoms with Gasteiger partial charge in [-0.05, 0) is 40.5 Å². The molecule has 1 saturated heterocycles. The van der Waals surface area contributed by atoms with Gasteiger partial charge in [0.25, 0.3) is 5.91 Å². The third-order valence-corrected chi connectivity index (χ3v) is 3.79. The molecule has 0 radical (unpaired) electrons. The van der Waals surface area contributed by atoms with E-state index in [1.807, 2.05) is 0 Å². The molecule has 1 aliphatic heterocycles. The molecule has 1 heterocycles. The van der Waals surface area contributed by atoms with Gasteiger partial charge in [-0.2, -0.15) is 0 Å². The first-order valence-corrected chi connectivity index (χ1v) is 6.76. The number of likely N-dealkylation sites (N-methyl/N-ethyl adjacent to an activating group) is 1. The lowest BCUT2D eigenvalue weighted by Crippen LogP contribution is -2.48. The Morgan fingerprint density at radius 1 is 1.53 bits per heavy atom. The second kappa shape index (κ2) is 5.69. The van der Waals surface area contributed by atoms with Gasteiger partial charge in [-0.1, -0.05) is 0 Å². The van der Waals surface area contributed by atoms with Gasteiger partial charge in [0, 0.05) is 31.6 Å². The van der Waals surface area contributed by atoms with E-state index < -0.39 is 5.82 Å². The van der Waals surface area contributed by atoms with Crippen LogP contribution < -0.4 is 5.32 Å². The number of likely N-dealkylation sites (tertiary alicyclic amines) is 1. The monoisotopic (exact) mass is 328 g/mol. The Balaban J connectivity index is 2.01. The summed E-state index contributed by atoms with van der Waals surface area (Å²) in [6.45, 7) is 0.490. The molecule has 0 aromatic heterocycles. The lowest BCUT2D eigenvalue weighted by molar-refractivity contribution is -0.132. The van der Waals surface area contributed by atoms with Crippen molar-refractivity contribution in [1.29, 1.82) is 0 Å². The molecule has 2 rings (SSSR count). The third-order valence-electron chi connectivity index (χ3n) is 3.14. The summed E-state index contributed by atoms with van der Waals surface area (Å²) < 4.78 is 13.7. The molecule has 0 saturated carbocycles. The Labute approximate surface area is 119 Å². The molecule has 6 heteroatoms. The highest BCUT2D eigenvalue weighted by atomic mass is 79.9. The summed E-state index contributed by atoms with van der Waals surface area (Å²) in [5, 5.41) is 2.82. The van der Waals surface area contributed by atoms with Gasteiger partial charge in [-0.15, -0.1) is 0 Å². The molecule has 4 nitrogen and oxygen atoms in total. The number of carbonyl (C=O) groups excluding carboxylic acids is 2. The van der Waals surface area contributed by atoms with Crippen LogP contribution in [0.1, 0.15) is 23.2 Å². The first kappa shape index (κ1) is 14.0. The smallest absolute Gasteiger partial charge is 0.251 e. The Morgan fingerprint density at radius 2 is 2.26 bits per heavy atom. The van der Waals surface area contributed by atoms with E-state index in [-0.39, 0.29) is 23.4 Å². The summed E-state index contributed by atoms with van der Waals surface area (Å²) in [7, 11) is 1.71. The molecule has 102 valence electrons. The van der Waals surface area contributed by atoms with Crippen molar-refractivity contribution in [2.24, 2.45) is 0 Å². The number of amides is 2. The van der Waals surface area contributed by atoms with Gasteiger partial charge in [0.1, 0.15) is 5.82 Å². The van der Waals surface area contributed by atoms with Crippen LogP contribution in [0.2, 0.25) is 0 Å². The second-order valence-electron chi connectivity index (χ2n) is 4.61. The van der Waals surface area contributed by atoms with Gasteiger partial charge < -0.3 is 10.2 Å². The summed E-state index contributed by atoms with van der Waals surface area (Å²) in [4.78, 5) is 24.9. The van der Waals surface area contributed by atoms with Crippen molar-refractivity contribution in [1.82, 2.24) is 10.2 Å². The summed E-state index contributed by atoms with van der Waals surface area (Å²) in [5.74, 6) is -0.706. The molecule has 1 fully saturated rings. The number of hydrogen-bond acceptors (Lipinski definition) is 2. The van der Waals surface area contributed by atoms with Crippen LogP contribution in [-0.4, -0.2) is 36.3 Å². The van der Waals surface area contributed by atoms with E-state index >= 15 is 0 Å². The van der Waals surface area contributed by atoms with Crippen molar-refractivity contribution in [3.63, 3.8) is 0 Å². The minimum atomic E-state index is -0.469. The minimum Gasteiger partial charge on any atom is -0.348 e. The van der Waals surface area contributed by atoms with Crippen molar-refractivity contribution in [3.05, 3.63) is 34.1 Å². The molecule has 1 unspecified atom stereocenters. The summed E-state index contributed by atoms with van der Waals surface area (Å²) in [6.07, 6.45) is 1.05. The third kappa shape index (κ3) is 3.32. The van der Waals surface area contributed by atoms with Gasteiger partial charge in [0.05, 0.1) is 4.47 Å². The molecule has 1 aromatic rings. The lowest BCUT2D eigenvalue weighted by Gasteiger charge is -2.30. The van der Waals surface area contributed by atoms with Crippen LogP contribution in [0.25, 0.3) is 0 Å². The SMILES string of the molecule is CN1CC(NC(=O)c2ccc(Br)c(F)c2)CCC1=O. The number of rotatable bonds is 2. The van der Waals surface area contributed by atoms with Gasteiger partial charge in [-0.25, -0.2) is 4.39 Å². The molecule has 1 aromatic carbocycles. The van der Waals surface area contributed by atoms with E-state index in [4.69, 9.17) is 0 Å². The minimum absolute atomic E-state index is 0.0816. The van der Waals surface area contributed by atoms with Gasteiger partial charge in [-0.3, -0.25) is 9.59 Å². The highest BCUT2D eigenvalue weighted by molar-refractivity contribution is 9.10. The maximum Gasteiger partial charge on any atom is 0.251 e. The molecule has 0 aliphatic carbocycles. The molecule has 0 bridgehead atoms. The molecule has 1 aliphatic rings. The summed E-state index contributed by atoms with van der Waals surface area (Å²) >= 11 is 3.04. The van der Waals surface area contributed by atoms with Gasteiger partial charge >= 0.3 is 0 Å². The number of nitrogens with one attached hydrogen (secondary N) is 1. The van der Waals surface area contributed by atoms with E-state index in [9.17, 15) is 14.0 Å². The van der Waals surface area contributed by atoms with Crippen LogP contribution in [0.5, 0.6) is 0 Å². The Morgan fingerprint density at radius 3 is 2.89 bits per heavy atom. The standard InChI is InChI=1S/C13H14BrFN2O2/c1-17-7-9(3-5-12(17)18)16-13(19)8-2-4-10(14)11(15)6-8/h2,4,6,9H,3,5,7H2,1H3,(H,16,19). The fourth-order valence-electron chi connectivity index (χ4n) is 2.04. The van der Waals surface area contributed by atoms with Crippen molar-refractivity contribution in [2.75, 3.05) is 13.6 Å². The van der Waals surface area contributed by atoms with Crippen LogP contribution in [0.4, 0.5) is 4.39 Å². The molecule has 0 spiro atoms. The van der Waals surface area contributed by atoms with E-state index in [0.717, 1.165) is 0 Å². The van der Waals surface area contributed by atoms with Gasteiger partial charge in [0.2, 0.25) is 5.91 Å². The first-order valence-electron chi connectivity index (χ1n) is 5.97.